The van der Waals surface area contributed by atoms with Gasteiger partial charge in [0.05, 0.1) is 0 Å². The van der Waals surface area contributed by atoms with Gasteiger partial charge in [0.2, 0.25) is 0 Å². The van der Waals surface area contributed by atoms with Crippen LogP contribution >= 0.6 is 11.6 Å². The second-order valence-electron chi connectivity index (χ2n) is 3.96. The maximum atomic E-state index is 6.11. The molecule has 0 saturated carbocycles. The fourth-order valence-electron chi connectivity index (χ4n) is 2.12. The Hall–Kier alpha value is -0.530. The van der Waals surface area contributed by atoms with E-state index in [4.69, 9.17) is 11.6 Å². The van der Waals surface area contributed by atoms with Gasteiger partial charge in [0, 0.05) is 11.1 Å². The topological polar surface area (TPSA) is 12.0 Å². The number of nitrogens with one attached hydrogen (secondary N) is 1. The van der Waals surface area contributed by atoms with Gasteiger partial charge < -0.3 is 5.32 Å². The Kier molecular flexibility index (Phi) is 3.09. The number of hydrogen-bond donors (Lipinski definition) is 1. The lowest BCUT2D eigenvalue weighted by molar-refractivity contribution is 0.411. The molecule has 76 valence electrons. The zero-order chi connectivity index (χ0) is 9.97. The van der Waals surface area contributed by atoms with E-state index in [0.717, 1.165) is 11.6 Å². The van der Waals surface area contributed by atoms with Gasteiger partial charge in [-0.3, -0.25) is 0 Å². The van der Waals surface area contributed by atoms with E-state index < -0.39 is 0 Å². The Morgan fingerprint density at radius 3 is 2.93 bits per heavy atom. The van der Waals surface area contributed by atoms with Gasteiger partial charge in [0.15, 0.2) is 0 Å². The molecule has 0 aromatic heterocycles. The largest absolute Gasteiger partial charge is 0.310 e. The minimum Gasteiger partial charge on any atom is -0.310 e. The summed E-state index contributed by atoms with van der Waals surface area (Å²) in [5.74, 6) is 0. The van der Waals surface area contributed by atoms with Crippen molar-refractivity contribution in [2.75, 3.05) is 6.54 Å². The van der Waals surface area contributed by atoms with E-state index in [1.807, 2.05) is 12.1 Å². The van der Waals surface area contributed by atoms with Crippen LogP contribution in [-0.2, 0) is 0 Å². The van der Waals surface area contributed by atoms with Gasteiger partial charge in [0.25, 0.3) is 0 Å². The van der Waals surface area contributed by atoms with Gasteiger partial charge in [-0.25, -0.2) is 0 Å². The molecule has 0 bridgehead atoms. The number of benzene rings is 1. The SMILES string of the molecule is Cc1c(Cl)cccc1[C@H]1CCCCN1. The van der Waals surface area contributed by atoms with E-state index >= 15 is 0 Å². The minimum atomic E-state index is 0.516. The van der Waals surface area contributed by atoms with E-state index in [1.54, 1.807) is 0 Å². The molecule has 2 heteroatoms. The van der Waals surface area contributed by atoms with Crippen LogP contribution in [0.2, 0.25) is 5.02 Å². The summed E-state index contributed by atoms with van der Waals surface area (Å²) in [6.45, 7) is 3.24. The van der Waals surface area contributed by atoms with Crippen LogP contribution in [0.4, 0.5) is 0 Å². The summed E-state index contributed by atoms with van der Waals surface area (Å²) in [5, 5.41) is 4.43. The molecule has 0 radical (unpaired) electrons. The lowest BCUT2D eigenvalue weighted by Crippen LogP contribution is -2.27. The molecule has 1 aliphatic rings. The van der Waals surface area contributed by atoms with Crippen LogP contribution in [0.25, 0.3) is 0 Å². The second-order valence-corrected chi connectivity index (χ2v) is 4.36. The monoisotopic (exact) mass is 209 g/mol. The fraction of sp³-hybridized carbons (Fsp3) is 0.500. The first-order valence-electron chi connectivity index (χ1n) is 5.27. The predicted molar refractivity (Wildman–Crippen MR) is 60.8 cm³/mol. The first-order chi connectivity index (χ1) is 6.79. The van der Waals surface area contributed by atoms with Crippen LogP contribution in [0.15, 0.2) is 18.2 Å². The van der Waals surface area contributed by atoms with E-state index in [1.165, 1.54) is 30.4 Å². The van der Waals surface area contributed by atoms with Crippen LogP contribution in [0.3, 0.4) is 0 Å². The summed E-state index contributed by atoms with van der Waals surface area (Å²) in [6, 6.07) is 6.71. The van der Waals surface area contributed by atoms with Crippen LogP contribution < -0.4 is 5.32 Å². The molecule has 1 atom stereocenters. The van der Waals surface area contributed by atoms with Gasteiger partial charge in [0.1, 0.15) is 0 Å². The summed E-state index contributed by atoms with van der Waals surface area (Å²) in [6.07, 6.45) is 3.86. The Bertz CT molecular complexity index is 316. The summed E-state index contributed by atoms with van der Waals surface area (Å²) in [5.41, 5.74) is 2.60. The molecule has 1 aliphatic heterocycles. The van der Waals surface area contributed by atoms with Gasteiger partial charge in [-0.1, -0.05) is 30.2 Å². The van der Waals surface area contributed by atoms with Gasteiger partial charge in [-0.05, 0) is 43.5 Å². The van der Waals surface area contributed by atoms with Crippen molar-refractivity contribution in [3.05, 3.63) is 34.3 Å². The molecule has 0 amide bonds. The molecule has 1 saturated heterocycles. The summed E-state index contributed by atoms with van der Waals surface area (Å²) in [4.78, 5) is 0. The van der Waals surface area contributed by atoms with Gasteiger partial charge in [-0.2, -0.15) is 0 Å². The van der Waals surface area contributed by atoms with Crippen LogP contribution in [-0.4, -0.2) is 6.54 Å². The third-order valence-corrected chi connectivity index (χ3v) is 3.40. The summed E-state index contributed by atoms with van der Waals surface area (Å²) >= 11 is 6.11. The fourth-order valence-corrected chi connectivity index (χ4v) is 2.30. The third-order valence-electron chi connectivity index (χ3n) is 3.00. The van der Waals surface area contributed by atoms with Crippen LogP contribution in [0, 0.1) is 6.92 Å². The van der Waals surface area contributed by atoms with E-state index in [9.17, 15) is 0 Å². The Morgan fingerprint density at radius 2 is 2.21 bits per heavy atom. The maximum absolute atomic E-state index is 6.11. The van der Waals surface area contributed by atoms with Crippen LogP contribution in [0.5, 0.6) is 0 Å². The molecular formula is C12H16ClN. The van der Waals surface area contributed by atoms with Crippen molar-refractivity contribution in [3.63, 3.8) is 0 Å². The molecule has 1 aromatic carbocycles. The first kappa shape index (κ1) is 10.0. The van der Waals surface area contributed by atoms with Crippen molar-refractivity contribution in [1.82, 2.24) is 5.32 Å². The van der Waals surface area contributed by atoms with E-state index in [2.05, 4.69) is 18.3 Å². The van der Waals surface area contributed by atoms with E-state index in [0.29, 0.717) is 6.04 Å². The van der Waals surface area contributed by atoms with Gasteiger partial charge in [-0.15, -0.1) is 0 Å². The number of rotatable bonds is 1. The molecule has 0 spiro atoms. The molecule has 1 nitrogen and oxygen atoms in total. The number of piperidine rings is 1. The molecule has 1 fully saturated rings. The molecule has 0 aliphatic carbocycles. The zero-order valence-electron chi connectivity index (χ0n) is 8.52. The lowest BCUT2D eigenvalue weighted by atomic mass is 9.94. The smallest absolute Gasteiger partial charge is 0.0438 e. The zero-order valence-corrected chi connectivity index (χ0v) is 9.27. The lowest BCUT2D eigenvalue weighted by Gasteiger charge is -2.25. The highest BCUT2D eigenvalue weighted by Crippen LogP contribution is 2.28. The van der Waals surface area contributed by atoms with Crippen molar-refractivity contribution in [2.24, 2.45) is 0 Å². The molecular weight excluding hydrogens is 194 g/mol. The predicted octanol–water partition coefficient (Wildman–Crippen LogP) is 3.46. The Morgan fingerprint density at radius 1 is 1.36 bits per heavy atom. The third kappa shape index (κ3) is 1.94. The van der Waals surface area contributed by atoms with Crippen molar-refractivity contribution in [3.8, 4) is 0 Å². The number of halogens is 1. The average Bonchev–Trinajstić information content (AvgIpc) is 2.23. The maximum Gasteiger partial charge on any atom is 0.0438 e. The quantitative estimate of drug-likeness (QED) is 0.747. The molecule has 0 unspecified atom stereocenters. The Labute approximate surface area is 90.5 Å². The summed E-state index contributed by atoms with van der Waals surface area (Å²) < 4.78 is 0. The van der Waals surface area contributed by atoms with E-state index in [-0.39, 0.29) is 0 Å². The highest BCUT2D eigenvalue weighted by molar-refractivity contribution is 6.31. The number of hydrogen-bond acceptors (Lipinski definition) is 1. The molecule has 1 heterocycles. The highest BCUT2D eigenvalue weighted by atomic mass is 35.5. The Balaban J connectivity index is 2.26. The first-order valence-corrected chi connectivity index (χ1v) is 5.65. The average molecular weight is 210 g/mol. The summed E-state index contributed by atoms with van der Waals surface area (Å²) in [7, 11) is 0. The van der Waals surface area contributed by atoms with Crippen molar-refractivity contribution < 1.29 is 0 Å². The molecule has 1 N–H and O–H groups in total. The molecule has 1 aromatic rings. The normalized spacial score (nSPS) is 22.3. The minimum absolute atomic E-state index is 0.516. The van der Waals surface area contributed by atoms with Crippen molar-refractivity contribution in [1.29, 1.82) is 0 Å². The van der Waals surface area contributed by atoms with Crippen LogP contribution in [0.1, 0.15) is 36.4 Å². The molecule has 2 rings (SSSR count). The van der Waals surface area contributed by atoms with Crippen molar-refractivity contribution >= 4 is 11.6 Å². The van der Waals surface area contributed by atoms with Crippen molar-refractivity contribution in [2.45, 2.75) is 32.2 Å². The molecule has 14 heavy (non-hydrogen) atoms. The highest BCUT2D eigenvalue weighted by Gasteiger charge is 2.16. The second kappa shape index (κ2) is 4.33. The van der Waals surface area contributed by atoms with Gasteiger partial charge >= 0.3 is 0 Å². The standard InChI is InChI=1S/C12H16ClN/c1-9-10(5-4-6-11(9)13)12-7-2-3-8-14-12/h4-6,12,14H,2-3,7-8H2,1H3/t12-/m1/s1.